The molecule has 0 amide bonds. The van der Waals surface area contributed by atoms with Crippen LogP contribution in [0.25, 0.3) is 70.9 Å². The van der Waals surface area contributed by atoms with Crippen molar-refractivity contribution < 1.29 is 4.57 Å². The maximum Gasteiger partial charge on any atom is 0.224 e. The molecule has 0 bridgehead atoms. The number of hydrogen-bond acceptors (Lipinski definition) is 0. The molecule has 0 radical (unpaired) electrons. The number of rotatable bonds is 2. The topological polar surface area (TPSA) is 8.29 Å². The van der Waals surface area contributed by atoms with Crippen LogP contribution in [0.1, 0.15) is 37.5 Å². The van der Waals surface area contributed by atoms with E-state index in [9.17, 15) is 0 Å². The van der Waals surface area contributed by atoms with Gasteiger partial charge in [0.25, 0.3) is 0 Å². The van der Waals surface area contributed by atoms with E-state index >= 15 is 0 Å². The lowest BCUT2D eigenvalue weighted by atomic mass is 9.86. The lowest BCUT2D eigenvalue weighted by Crippen LogP contribution is -2.29. The van der Waals surface area contributed by atoms with Gasteiger partial charge in [-0.15, -0.1) is 0 Å². The molecule has 41 heavy (non-hydrogen) atoms. The largest absolute Gasteiger partial charge is 0.307 e. The van der Waals surface area contributed by atoms with Crippen LogP contribution in [0.15, 0.2) is 91.1 Å². The first-order valence-corrected chi connectivity index (χ1v) is 14.7. The van der Waals surface area contributed by atoms with Crippen LogP contribution in [0.2, 0.25) is 0 Å². The summed E-state index contributed by atoms with van der Waals surface area (Å²) in [6.07, 6.45) is 3.30. The van der Waals surface area contributed by atoms with Gasteiger partial charge < -0.3 is 4.40 Å². The van der Waals surface area contributed by atoms with Gasteiger partial charge in [0.05, 0.1) is 27.3 Å². The maximum absolute atomic E-state index is 2.58. The molecule has 3 heterocycles. The fourth-order valence-corrected chi connectivity index (χ4v) is 7.45. The molecule has 0 aliphatic heterocycles. The Balaban J connectivity index is 1.60. The molecule has 2 nitrogen and oxygen atoms in total. The van der Waals surface area contributed by atoms with Gasteiger partial charge in [-0.05, 0) is 81.8 Å². The third-order valence-electron chi connectivity index (χ3n) is 9.19. The molecule has 0 saturated carbocycles. The van der Waals surface area contributed by atoms with Crippen molar-refractivity contribution in [2.75, 3.05) is 0 Å². The Labute approximate surface area is 240 Å². The molecule has 0 atom stereocenters. The molecule has 8 aromatic rings. The molecule has 8 rings (SSSR count). The van der Waals surface area contributed by atoms with Crippen LogP contribution in [0.4, 0.5) is 0 Å². The van der Waals surface area contributed by atoms with Gasteiger partial charge in [-0.25, -0.2) is 4.57 Å². The van der Waals surface area contributed by atoms with Crippen molar-refractivity contribution in [2.24, 2.45) is 12.5 Å². The van der Waals surface area contributed by atoms with E-state index < -0.39 is 0 Å². The summed E-state index contributed by atoms with van der Waals surface area (Å²) in [5.74, 6) is 0. The molecule has 0 aliphatic rings. The number of benzene rings is 5. The van der Waals surface area contributed by atoms with E-state index in [-0.39, 0.29) is 5.41 Å². The Hall–Kier alpha value is -4.43. The molecule has 0 N–H and O–H groups in total. The summed E-state index contributed by atoms with van der Waals surface area (Å²) in [4.78, 5) is 0. The molecule has 0 fully saturated rings. The Bertz CT molecular complexity index is 2330. The minimum atomic E-state index is 0.246. The Morgan fingerprint density at radius 3 is 2.22 bits per heavy atom. The lowest BCUT2D eigenvalue weighted by Gasteiger charge is -2.20. The number of pyridine rings is 2. The highest BCUT2D eigenvalue weighted by atomic mass is 15.0. The van der Waals surface area contributed by atoms with E-state index in [1.807, 2.05) is 0 Å². The zero-order valence-electron chi connectivity index (χ0n) is 24.8. The zero-order valence-corrected chi connectivity index (χ0v) is 24.8. The highest BCUT2D eigenvalue weighted by molar-refractivity contribution is 6.29. The van der Waals surface area contributed by atoms with Crippen molar-refractivity contribution in [1.82, 2.24) is 4.40 Å². The number of aryl methyl sites for hydroxylation is 3. The Kier molecular flexibility index (Phi) is 4.93. The first-order chi connectivity index (χ1) is 19.7. The second-order valence-corrected chi connectivity index (χ2v) is 13.2. The van der Waals surface area contributed by atoms with Gasteiger partial charge in [0.2, 0.25) is 5.52 Å². The number of aromatic nitrogens is 2. The predicted molar refractivity (Wildman–Crippen MR) is 175 cm³/mol. The minimum Gasteiger partial charge on any atom is -0.307 e. The van der Waals surface area contributed by atoms with Crippen molar-refractivity contribution in [1.29, 1.82) is 0 Å². The number of fused-ring (bicyclic) bond motifs is 7. The maximum atomic E-state index is 2.58. The van der Waals surface area contributed by atoms with Crippen molar-refractivity contribution in [3.63, 3.8) is 0 Å². The summed E-state index contributed by atoms with van der Waals surface area (Å²) in [6, 6.07) is 31.9. The molecule has 0 spiro atoms. The predicted octanol–water partition coefficient (Wildman–Crippen LogP) is 9.84. The zero-order chi connectivity index (χ0) is 28.2. The van der Waals surface area contributed by atoms with Crippen LogP contribution in [0, 0.1) is 19.3 Å². The fraction of sp³-hybridized carbons (Fsp3) is 0.205. The van der Waals surface area contributed by atoms with Crippen LogP contribution in [0.3, 0.4) is 0 Å². The summed E-state index contributed by atoms with van der Waals surface area (Å²) in [6.45, 7) is 11.6. The molecule has 5 aromatic carbocycles. The van der Waals surface area contributed by atoms with Crippen LogP contribution < -0.4 is 4.57 Å². The molecule has 0 aliphatic carbocycles. The fourth-order valence-electron chi connectivity index (χ4n) is 7.45. The van der Waals surface area contributed by atoms with Gasteiger partial charge in [0.1, 0.15) is 7.05 Å². The molecule has 0 saturated heterocycles. The van der Waals surface area contributed by atoms with Crippen molar-refractivity contribution >= 4 is 59.8 Å². The minimum absolute atomic E-state index is 0.246. The quantitative estimate of drug-likeness (QED) is 0.119. The first-order valence-electron chi connectivity index (χ1n) is 14.7. The SMILES string of the molecule is Cc1c2cc(CC(C)(C)C)ccc2c(C)c2c1c1c3c(ccc4c5cc(-c6ccccc6)ccc5n2c43)cc[n+]1C. The summed E-state index contributed by atoms with van der Waals surface area (Å²) in [5, 5.41) is 9.36. The van der Waals surface area contributed by atoms with Gasteiger partial charge in [0.15, 0.2) is 6.20 Å². The molecule has 200 valence electrons. The summed E-state index contributed by atoms with van der Waals surface area (Å²) >= 11 is 0. The molecule has 0 unspecified atom stereocenters. The third-order valence-corrected chi connectivity index (χ3v) is 9.19. The van der Waals surface area contributed by atoms with Gasteiger partial charge in [-0.2, -0.15) is 0 Å². The lowest BCUT2D eigenvalue weighted by molar-refractivity contribution is -0.643. The average molecular weight is 532 g/mol. The van der Waals surface area contributed by atoms with Crippen LogP contribution in [-0.4, -0.2) is 4.40 Å². The number of nitrogens with zero attached hydrogens (tertiary/aromatic N) is 2. The third kappa shape index (κ3) is 3.40. The summed E-state index contributed by atoms with van der Waals surface area (Å²) in [5.41, 5.74) is 12.1. The van der Waals surface area contributed by atoms with Gasteiger partial charge >= 0.3 is 0 Å². The van der Waals surface area contributed by atoms with Gasteiger partial charge in [-0.3, -0.25) is 0 Å². The Morgan fingerprint density at radius 2 is 1.44 bits per heavy atom. The molecular weight excluding hydrogens is 496 g/mol. The average Bonchev–Trinajstić information content (AvgIpc) is 3.29. The van der Waals surface area contributed by atoms with Crippen molar-refractivity contribution in [3.8, 4) is 11.1 Å². The molecule has 3 aromatic heterocycles. The Morgan fingerprint density at radius 1 is 0.659 bits per heavy atom. The van der Waals surface area contributed by atoms with Crippen molar-refractivity contribution in [3.05, 3.63) is 108 Å². The van der Waals surface area contributed by atoms with Crippen LogP contribution >= 0.6 is 0 Å². The van der Waals surface area contributed by atoms with E-state index in [2.05, 4.69) is 142 Å². The van der Waals surface area contributed by atoms with E-state index in [1.54, 1.807) is 0 Å². The second-order valence-electron chi connectivity index (χ2n) is 13.2. The monoisotopic (exact) mass is 531 g/mol. The number of hydrogen-bond donors (Lipinski definition) is 0. The van der Waals surface area contributed by atoms with Crippen molar-refractivity contribution in [2.45, 2.75) is 41.0 Å². The van der Waals surface area contributed by atoms with Gasteiger partial charge in [0, 0.05) is 16.8 Å². The summed E-state index contributed by atoms with van der Waals surface area (Å²) in [7, 11) is 2.21. The highest BCUT2D eigenvalue weighted by Crippen LogP contribution is 2.44. The van der Waals surface area contributed by atoms with Gasteiger partial charge in [-0.1, -0.05) is 87.5 Å². The van der Waals surface area contributed by atoms with E-state index in [4.69, 9.17) is 0 Å². The molecule has 2 heteroatoms. The standard InChI is InChI=1S/C39H35N2/c1-23-31-20-25(22-39(3,4)5)12-15-29(31)24(2)36-34(23)38-35-27(18-19-40(38)6)13-16-30-32-21-28(26-10-8-7-9-11-26)14-17-33(32)41(36)37(30)35/h7-21H,22H2,1-6H3/q+1. The molecular formula is C39H35N2+. The van der Waals surface area contributed by atoms with E-state index in [0.717, 1.165) is 6.42 Å². The highest BCUT2D eigenvalue weighted by Gasteiger charge is 2.26. The van der Waals surface area contributed by atoms with Crippen LogP contribution in [0.5, 0.6) is 0 Å². The van der Waals surface area contributed by atoms with Crippen LogP contribution in [-0.2, 0) is 13.5 Å². The van der Waals surface area contributed by atoms with E-state index in [0.29, 0.717) is 0 Å². The second kappa shape index (κ2) is 8.30. The smallest absolute Gasteiger partial charge is 0.224 e. The van der Waals surface area contributed by atoms with E-state index in [1.165, 1.54) is 87.6 Å². The normalized spacial score (nSPS) is 12.7. The first kappa shape index (κ1) is 24.4. The summed E-state index contributed by atoms with van der Waals surface area (Å²) < 4.78 is 4.92.